The molecule has 0 aliphatic rings. The number of hydrogen-bond donors (Lipinski definition) is 2. The third-order valence-corrected chi connectivity index (χ3v) is 3.63. The molecule has 120 valence electrons. The molecule has 1 atom stereocenters. The van der Waals surface area contributed by atoms with Gasteiger partial charge >= 0.3 is 5.97 Å². The van der Waals surface area contributed by atoms with Crippen molar-refractivity contribution in [2.24, 2.45) is 0 Å². The summed E-state index contributed by atoms with van der Waals surface area (Å²) in [6, 6.07) is 12.1. The lowest BCUT2D eigenvalue weighted by Crippen LogP contribution is -2.22. The summed E-state index contributed by atoms with van der Waals surface area (Å²) in [5, 5.41) is 11.7. The summed E-state index contributed by atoms with van der Waals surface area (Å²) in [4.78, 5) is 23.0. The lowest BCUT2D eigenvalue weighted by molar-refractivity contribution is -0.144. The zero-order chi connectivity index (χ0) is 17.0. The van der Waals surface area contributed by atoms with E-state index in [-0.39, 0.29) is 5.91 Å². The topological polar surface area (TPSA) is 75.6 Å². The summed E-state index contributed by atoms with van der Waals surface area (Å²) in [7, 11) is 0. The highest BCUT2D eigenvalue weighted by Gasteiger charge is 2.13. The quantitative estimate of drug-likeness (QED) is 0.887. The van der Waals surface area contributed by atoms with Crippen LogP contribution in [0.15, 0.2) is 42.5 Å². The molecule has 0 aliphatic heterocycles. The zero-order valence-corrected chi connectivity index (χ0v) is 13.3. The van der Waals surface area contributed by atoms with Crippen LogP contribution in [0.25, 0.3) is 0 Å². The summed E-state index contributed by atoms with van der Waals surface area (Å²) in [5.74, 6) is -0.860. The molecule has 0 saturated heterocycles. The van der Waals surface area contributed by atoms with E-state index in [1.807, 2.05) is 32.0 Å². The van der Waals surface area contributed by atoms with Crippen molar-refractivity contribution in [3.63, 3.8) is 0 Å². The minimum atomic E-state index is -1.04. The molecule has 5 nitrogen and oxygen atoms in total. The molecule has 23 heavy (non-hydrogen) atoms. The number of carbonyl (C=O) groups excluding carboxylic acids is 1. The monoisotopic (exact) mass is 313 g/mol. The van der Waals surface area contributed by atoms with Gasteiger partial charge in [0.1, 0.15) is 5.75 Å². The second-order valence-electron chi connectivity index (χ2n) is 5.32. The number of anilines is 1. The molecule has 2 rings (SSSR count). The molecule has 0 radical (unpaired) electrons. The van der Waals surface area contributed by atoms with Gasteiger partial charge in [-0.2, -0.15) is 0 Å². The summed E-state index contributed by atoms with van der Waals surface area (Å²) >= 11 is 0. The number of hydrogen-bond acceptors (Lipinski definition) is 3. The summed E-state index contributed by atoms with van der Waals surface area (Å²) in [6.45, 7) is 5.39. The number of aryl methyl sites for hydroxylation is 1. The molecular weight excluding hydrogens is 294 g/mol. The van der Waals surface area contributed by atoms with Crippen LogP contribution in [0.3, 0.4) is 0 Å². The third kappa shape index (κ3) is 4.10. The van der Waals surface area contributed by atoms with Gasteiger partial charge in [-0.3, -0.25) is 4.79 Å². The van der Waals surface area contributed by atoms with Crippen LogP contribution in [-0.4, -0.2) is 23.1 Å². The summed E-state index contributed by atoms with van der Waals surface area (Å²) < 4.78 is 5.23. The zero-order valence-electron chi connectivity index (χ0n) is 13.3. The number of rotatable bonds is 5. The van der Waals surface area contributed by atoms with E-state index in [4.69, 9.17) is 9.84 Å². The molecule has 0 unspecified atom stereocenters. The first-order valence-electron chi connectivity index (χ1n) is 7.25. The molecule has 0 spiro atoms. The standard InChI is InChI=1S/C18H19NO4/c1-11-5-4-6-16(12(11)2)19-17(20)14-7-9-15(10-8-14)23-13(3)18(21)22/h4-10,13H,1-3H3,(H,19,20)(H,21,22)/t13-/m0/s1. The molecule has 1 amide bonds. The first-order valence-corrected chi connectivity index (χ1v) is 7.25. The average molecular weight is 313 g/mol. The first-order chi connectivity index (χ1) is 10.9. The number of nitrogens with one attached hydrogen (secondary N) is 1. The van der Waals surface area contributed by atoms with Crippen molar-refractivity contribution >= 4 is 17.6 Å². The Balaban J connectivity index is 2.08. The molecule has 0 heterocycles. The normalized spacial score (nSPS) is 11.6. The fraction of sp³-hybridized carbons (Fsp3) is 0.222. The predicted molar refractivity (Wildman–Crippen MR) is 88.0 cm³/mol. The Labute approximate surface area is 134 Å². The van der Waals surface area contributed by atoms with Gasteiger partial charge in [0.2, 0.25) is 0 Å². The van der Waals surface area contributed by atoms with E-state index in [1.54, 1.807) is 24.3 Å². The van der Waals surface area contributed by atoms with E-state index in [0.717, 1.165) is 16.8 Å². The number of carboxylic acid groups (broad SMARTS) is 1. The van der Waals surface area contributed by atoms with Gasteiger partial charge in [0, 0.05) is 11.3 Å². The largest absolute Gasteiger partial charge is 0.479 e. The fourth-order valence-electron chi connectivity index (χ4n) is 2.02. The second kappa shape index (κ2) is 6.96. The van der Waals surface area contributed by atoms with Gasteiger partial charge in [0.25, 0.3) is 5.91 Å². The summed E-state index contributed by atoms with van der Waals surface area (Å²) in [5.41, 5.74) is 3.38. The van der Waals surface area contributed by atoms with Gasteiger partial charge in [0.05, 0.1) is 0 Å². The molecule has 0 aromatic heterocycles. The maximum atomic E-state index is 12.3. The third-order valence-electron chi connectivity index (χ3n) is 3.63. The van der Waals surface area contributed by atoms with Gasteiger partial charge in [-0.25, -0.2) is 4.79 Å². The first kappa shape index (κ1) is 16.5. The minimum Gasteiger partial charge on any atom is -0.479 e. The highest BCUT2D eigenvalue weighted by Crippen LogP contribution is 2.20. The van der Waals surface area contributed by atoms with E-state index >= 15 is 0 Å². The second-order valence-corrected chi connectivity index (χ2v) is 5.32. The Kier molecular flexibility index (Phi) is 5.01. The van der Waals surface area contributed by atoms with Crippen molar-refractivity contribution in [3.05, 3.63) is 59.2 Å². The van der Waals surface area contributed by atoms with Crippen LogP contribution in [0.2, 0.25) is 0 Å². The van der Waals surface area contributed by atoms with Gasteiger partial charge in [-0.1, -0.05) is 12.1 Å². The average Bonchev–Trinajstić information content (AvgIpc) is 2.52. The molecule has 0 fully saturated rings. The molecule has 2 N–H and O–H groups in total. The summed E-state index contributed by atoms with van der Waals surface area (Å²) in [6.07, 6.45) is -0.940. The molecule has 0 aliphatic carbocycles. The number of carbonyl (C=O) groups is 2. The molecule has 2 aromatic carbocycles. The number of amides is 1. The van der Waals surface area contributed by atoms with Crippen LogP contribution in [0.5, 0.6) is 5.75 Å². The van der Waals surface area contributed by atoms with E-state index in [0.29, 0.717) is 11.3 Å². The molecule has 5 heteroatoms. The maximum absolute atomic E-state index is 12.3. The lowest BCUT2D eigenvalue weighted by atomic mass is 10.1. The maximum Gasteiger partial charge on any atom is 0.344 e. The number of carboxylic acids is 1. The Hall–Kier alpha value is -2.82. The number of ether oxygens (including phenoxy) is 1. The SMILES string of the molecule is Cc1cccc(NC(=O)c2ccc(O[C@@H](C)C(=O)O)cc2)c1C. The van der Waals surface area contributed by atoms with Gasteiger partial charge in [-0.05, 0) is 62.2 Å². The van der Waals surface area contributed by atoms with Crippen molar-refractivity contribution in [2.75, 3.05) is 5.32 Å². The number of aliphatic carboxylic acids is 1. The van der Waals surface area contributed by atoms with Crippen LogP contribution in [0, 0.1) is 13.8 Å². The Morgan fingerprint density at radius 2 is 1.74 bits per heavy atom. The molecule has 2 aromatic rings. The van der Waals surface area contributed by atoms with Crippen LogP contribution in [0.1, 0.15) is 28.4 Å². The molecular formula is C18H19NO4. The van der Waals surface area contributed by atoms with Gasteiger partial charge in [0.15, 0.2) is 6.10 Å². The number of benzene rings is 2. The van der Waals surface area contributed by atoms with Crippen LogP contribution >= 0.6 is 0 Å². The van der Waals surface area contributed by atoms with Crippen LogP contribution in [0.4, 0.5) is 5.69 Å². The Morgan fingerprint density at radius 3 is 2.35 bits per heavy atom. The van der Waals surface area contributed by atoms with Gasteiger partial charge < -0.3 is 15.2 Å². The Bertz CT molecular complexity index is 722. The van der Waals surface area contributed by atoms with Crippen LogP contribution < -0.4 is 10.1 Å². The van der Waals surface area contributed by atoms with Crippen molar-refractivity contribution < 1.29 is 19.4 Å². The van der Waals surface area contributed by atoms with E-state index in [1.165, 1.54) is 6.92 Å². The molecule has 0 bridgehead atoms. The van der Waals surface area contributed by atoms with Crippen molar-refractivity contribution in [2.45, 2.75) is 26.9 Å². The Morgan fingerprint density at radius 1 is 1.09 bits per heavy atom. The molecule has 0 saturated carbocycles. The van der Waals surface area contributed by atoms with Crippen molar-refractivity contribution in [1.82, 2.24) is 0 Å². The fourth-order valence-corrected chi connectivity index (χ4v) is 2.02. The van der Waals surface area contributed by atoms with Gasteiger partial charge in [-0.15, -0.1) is 0 Å². The van der Waals surface area contributed by atoms with E-state index in [2.05, 4.69) is 5.32 Å². The minimum absolute atomic E-state index is 0.225. The smallest absolute Gasteiger partial charge is 0.344 e. The predicted octanol–water partition coefficient (Wildman–Crippen LogP) is 3.41. The highest BCUT2D eigenvalue weighted by molar-refractivity contribution is 6.04. The van der Waals surface area contributed by atoms with Crippen molar-refractivity contribution in [1.29, 1.82) is 0 Å². The van der Waals surface area contributed by atoms with E-state index in [9.17, 15) is 9.59 Å². The highest BCUT2D eigenvalue weighted by atomic mass is 16.5. The van der Waals surface area contributed by atoms with Crippen LogP contribution in [-0.2, 0) is 4.79 Å². The lowest BCUT2D eigenvalue weighted by Gasteiger charge is -2.12. The van der Waals surface area contributed by atoms with E-state index < -0.39 is 12.1 Å². The van der Waals surface area contributed by atoms with Crippen molar-refractivity contribution in [3.8, 4) is 5.75 Å².